The Morgan fingerprint density at radius 2 is 2.08 bits per heavy atom. The number of fused-ring (bicyclic) bond motifs is 1. The standard InChI is InChI=1S/C20H21N3O3/c1-14-7-9-18-17(11-14)23(12-15-5-3-2-4-6-15)13-16(25-18)8-10-19-21-22-20(24)26-19/h2-7,9,11,16H,8,10,12-13H2,1H3,(H,22,24)/t16-/m0/s1. The summed E-state index contributed by atoms with van der Waals surface area (Å²) in [6.45, 7) is 3.70. The summed E-state index contributed by atoms with van der Waals surface area (Å²) in [5, 5.41) is 6.17. The number of aromatic nitrogens is 2. The molecule has 1 N–H and O–H groups in total. The fraction of sp³-hybridized carbons (Fsp3) is 0.300. The van der Waals surface area contributed by atoms with Crippen LogP contribution in [0.5, 0.6) is 5.75 Å². The Morgan fingerprint density at radius 1 is 1.23 bits per heavy atom. The van der Waals surface area contributed by atoms with Crippen LogP contribution in [0.25, 0.3) is 0 Å². The zero-order valence-electron chi connectivity index (χ0n) is 14.6. The van der Waals surface area contributed by atoms with Crippen LogP contribution in [0.3, 0.4) is 0 Å². The van der Waals surface area contributed by atoms with Gasteiger partial charge in [-0.25, -0.2) is 9.89 Å². The Bertz CT molecular complexity index is 933. The van der Waals surface area contributed by atoms with Crippen LogP contribution in [0.15, 0.2) is 57.7 Å². The van der Waals surface area contributed by atoms with Crippen molar-refractivity contribution in [3.63, 3.8) is 0 Å². The van der Waals surface area contributed by atoms with E-state index in [1.54, 1.807) is 0 Å². The first-order chi connectivity index (χ1) is 12.7. The molecule has 0 saturated heterocycles. The van der Waals surface area contributed by atoms with E-state index in [1.807, 2.05) is 12.1 Å². The lowest BCUT2D eigenvalue weighted by Crippen LogP contribution is -2.40. The number of rotatable bonds is 5. The Labute approximate surface area is 151 Å². The smallest absolute Gasteiger partial charge is 0.434 e. The lowest BCUT2D eigenvalue weighted by atomic mass is 10.1. The zero-order valence-corrected chi connectivity index (χ0v) is 14.6. The topological polar surface area (TPSA) is 71.4 Å². The lowest BCUT2D eigenvalue weighted by Gasteiger charge is -2.36. The molecule has 26 heavy (non-hydrogen) atoms. The van der Waals surface area contributed by atoms with Crippen molar-refractivity contribution in [2.24, 2.45) is 0 Å². The predicted octanol–water partition coefficient (Wildman–Crippen LogP) is 3.07. The Hall–Kier alpha value is -3.02. The van der Waals surface area contributed by atoms with Gasteiger partial charge in [-0.05, 0) is 36.6 Å². The molecule has 1 aliphatic rings. The second-order valence-corrected chi connectivity index (χ2v) is 6.62. The van der Waals surface area contributed by atoms with Gasteiger partial charge in [-0.15, -0.1) is 5.10 Å². The molecule has 0 unspecified atom stereocenters. The van der Waals surface area contributed by atoms with Gasteiger partial charge >= 0.3 is 5.76 Å². The first kappa shape index (κ1) is 16.4. The minimum Gasteiger partial charge on any atom is -0.486 e. The van der Waals surface area contributed by atoms with Gasteiger partial charge in [0.1, 0.15) is 11.9 Å². The molecule has 2 aromatic carbocycles. The maximum Gasteiger partial charge on any atom is 0.434 e. The van der Waals surface area contributed by atoms with Gasteiger partial charge < -0.3 is 14.1 Å². The molecule has 6 heteroatoms. The van der Waals surface area contributed by atoms with Gasteiger partial charge in [0.25, 0.3) is 0 Å². The van der Waals surface area contributed by atoms with Crippen LogP contribution in [-0.2, 0) is 13.0 Å². The Kier molecular flexibility index (Phi) is 4.48. The molecule has 1 aromatic heterocycles. The lowest BCUT2D eigenvalue weighted by molar-refractivity contribution is 0.180. The van der Waals surface area contributed by atoms with Crippen LogP contribution in [0.1, 0.15) is 23.4 Å². The highest BCUT2D eigenvalue weighted by Crippen LogP contribution is 2.36. The van der Waals surface area contributed by atoms with E-state index in [0.29, 0.717) is 12.3 Å². The molecular formula is C20H21N3O3. The number of hydrogen-bond acceptors (Lipinski definition) is 5. The van der Waals surface area contributed by atoms with Crippen LogP contribution in [0, 0.1) is 6.92 Å². The van der Waals surface area contributed by atoms with Crippen molar-refractivity contribution < 1.29 is 9.15 Å². The van der Waals surface area contributed by atoms with Crippen molar-refractivity contribution >= 4 is 5.69 Å². The molecule has 0 radical (unpaired) electrons. The molecule has 0 spiro atoms. The minimum absolute atomic E-state index is 0.0101. The van der Waals surface area contributed by atoms with Crippen LogP contribution in [-0.4, -0.2) is 22.8 Å². The van der Waals surface area contributed by atoms with Crippen LogP contribution in [0.2, 0.25) is 0 Å². The van der Waals surface area contributed by atoms with E-state index in [0.717, 1.165) is 30.9 Å². The summed E-state index contributed by atoms with van der Waals surface area (Å²) in [6.07, 6.45) is 1.30. The molecule has 6 nitrogen and oxygen atoms in total. The quantitative estimate of drug-likeness (QED) is 0.765. The van der Waals surface area contributed by atoms with Crippen LogP contribution < -0.4 is 15.4 Å². The number of benzene rings is 2. The van der Waals surface area contributed by atoms with Crippen molar-refractivity contribution in [2.45, 2.75) is 32.4 Å². The molecule has 1 aliphatic heterocycles. The molecule has 1 atom stereocenters. The summed E-state index contributed by atoms with van der Waals surface area (Å²) in [5.74, 6) is 0.797. The van der Waals surface area contributed by atoms with Crippen LogP contribution >= 0.6 is 0 Å². The zero-order chi connectivity index (χ0) is 17.9. The number of H-pyrrole nitrogens is 1. The summed E-state index contributed by atoms with van der Waals surface area (Å²) in [7, 11) is 0. The van der Waals surface area contributed by atoms with Gasteiger partial charge in [-0.1, -0.05) is 36.4 Å². The van der Waals surface area contributed by atoms with Crippen molar-refractivity contribution in [3.8, 4) is 5.75 Å². The van der Waals surface area contributed by atoms with Gasteiger partial charge in [0.2, 0.25) is 5.89 Å². The van der Waals surface area contributed by atoms with Crippen molar-refractivity contribution in [1.82, 2.24) is 10.2 Å². The van der Waals surface area contributed by atoms with E-state index in [4.69, 9.17) is 9.15 Å². The molecule has 0 saturated carbocycles. The number of nitrogens with one attached hydrogen (secondary N) is 1. The second-order valence-electron chi connectivity index (χ2n) is 6.62. The summed E-state index contributed by atoms with van der Waals surface area (Å²) >= 11 is 0. The molecule has 2 heterocycles. The fourth-order valence-corrected chi connectivity index (χ4v) is 3.29. The summed E-state index contributed by atoms with van der Waals surface area (Å²) in [5.41, 5.74) is 3.59. The number of aromatic amines is 1. The first-order valence-corrected chi connectivity index (χ1v) is 8.78. The number of anilines is 1. The Balaban J connectivity index is 1.53. The Morgan fingerprint density at radius 3 is 2.85 bits per heavy atom. The molecule has 0 fully saturated rings. The third-order valence-corrected chi connectivity index (χ3v) is 4.55. The van der Waals surface area contributed by atoms with Crippen molar-refractivity contribution in [3.05, 3.63) is 76.1 Å². The molecule has 0 aliphatic carbocycles. The number of aryl methyl sites for hydroxylation is 2. The number of ether oxygens (including phenoxy) is 1. The van der Waals surface area contributed by atoms with E-state index in [2.05, 4.69) is 58.4 Å². The van der Waals surface area contributed by atoms with Gasteiger partial charge in [0.05, 0.1) is 12.2 Å². The van der Waals surface area contributed by atoms with E-state index >= 15 is 0 Å². The summed E-state index contributed by atoms with van der Waals surface area (Å²) < 4.78 is 11.2. The highest BCUT2D eigenvalue weighted by atomic mass is 16.5. The molecule has 3 aromatic rings. The number of nitrogens with zero attached hydrogens (tertiary/aromatic N) is 2. The van der Waals surface area contributed by atoms with E-state index in [1.165, 1.54) is 11.1 Å². The average molecular weight is 351 g/mol. The number of hydrogen-bond donors (Lipinski definition) is 1. The fourth-order valence-electron chi connectivity index (χ4n) is 3.29. The maximum atomic E-state index is 11.1. The van der Waals surface area contributed by atoms with E-state index in [9.17, 15) is 4.79 Å². The van der Waals surface area contributed by atoms with E-state index in [-0.39, 0.29) is 6.10 Å². The first-order valence-electron chi connectivity index (χ1n) is 8.78. The average Bonchev–Trinajstić information content (AvgIpc) is 3.07. The predicted molar refractivity (Wildman–Crippen MR) is 98.5 cm³/mol. The monoisotopic (exact) mass is 351 g/mol. The largest absolute Gasteiger partial charge is 0.486 e. The van der Waals surface area contributed by atoms with Gasteiger partial charge in [-0.2, -0.15) is 0 Å². The molecular weight excluding hydrogens is 330 g/mol. The highest BCUT2D eigenvalue weighted by molar-refractivity contribution is 5.61. The molecule has 0 amide bonds. The van der Waals surface area contributed by atoms with Crippen molar-refractivity contribution in [1.29, 1.82) is 0 Å². The summed E-state index contributed by atoms with van der Waals surface area (Å²) in [4.78, 5) is 13.4. The van der Waals surface area contributed by atoms with Crippen molar-refractivity contribution in [2.75, 3.05) is 11.4 Å². The second kappa shape index (κ2) is 7.07. The third kappa shape index (κ3) is 3.64. The molecule has 4 rings (SSSR count). The van der Waals surface area contributed by atoms with Gasteiger partial charge in [-0.3, -0.25) is 0 Å². The molecule has 0 bridgehead atoms. The van der Waals surface area contributed by atoms with Gasteiger partial charge in [0, 0.05) is 13.0 Å². The maximum absolute atomic E-state index is 11.1. The van der Waals surface area contributed by atoms with Crippen LogP contribution in [0.4, 0.5) is 5.69 Å². The third-order valence-electron chi connectivity index (χ3n) is 4.55. The summed E-state index contributed by atoms with van der Waals surface area (Å²) in [6, 6.07) is 16.7. The minimum atomic E-state index is -0.518. The SMILES string of the molecule is Cc1ccc2c(c1)N(Cc1ccccc1)C[C@H](CCc1n[nH]c(=O)o1)O2. The van der Waals surface area contributed by atoms with E-state index < -0.39 is 5.76 Å². The van der Waals surface area contributed by atoms with Gasteiger partial charge in [0.15, 0.2) is 0 Å². The molecule has 134 valence electrons. The highest BCUT2D eigenvalue weighted by Gasteiger charge is 2.26. The normalized spacial score (nSPS) is 16.2.